The van der Waals surface area contributed by atoms with Crippen molar-refractivity contribution < 1.29 is 22.7 Å². The van der Waals surface area contributed by atoms with Crippen molar-refractivity contribution in [3.8, 4) is 11.4 Å². The van der Waals surface area contributed by atoms with E-state index in [1.165, 1.54) is 40.3 Å². The molecule has 4 aromatic rings. The Bertz CT molecular complexity index is 1720. The topological polar surface area (TPSA) is 136 Å². The molecule has 2 heterocycles. The van der Waals surface area contributed by atoms with Gasteiger partial charge in [-0.05, 0) is 86.0 Å². The highest BCUT2D eigenvalue weighted by Gasteiger charge is 2.26. The van der Waals surface area contributed by atoms with E-state index in [9.17, 15) is 18.0 Å². The highest BCUT2D eigenvalue weighted by Crippen LogP contribution is 2.24. The van der Waals surface area contributed by atoms with Crippen LogP contribution in [0.15, 0.2) is 82.8 Å². The van der Waals surface area contributed by atoms with E-state index in [-0.39, 0.29) is 29.0 Å². The highest BCUT2D eigenvalue weighted by atomic mass is 32.2. The molecule has 13 heteroatoms. The molecule has 1 aliphatic rings. The minimum Gasteiger partial charge on any atom is -0.497 e. The lowest BCUT2D eigenvalue weighted by molar-refractivity contribution is -0.113. The molecule has 1 aliphatic heterocycles. The number of benzene rings is 3. The Kier molecular flexibility index (Phi) is 9.98. The minimum absolute atomic E-state index is 0.0617. The van der Waals surface area contributed by atoms with Gasteiger partial charge in [0, 0.05) is 30.0 Å². The summed E-state index contributed by atoms with van der Waals surface area (Å²) in [6.45, 7) is 3.06. The van der Waals surface area contributed by atoms with Gasteiger partial charge in [0.25, 0.3) is 5.91 Å². The van der Waals surface area contributed by atoms with Gasteiger partial charge < -0.3 is 15.4 Å². The summed E-state index contributed by atoms with van der Waals surface area (Å²) in [5.41, 5.74) is 2.80. The maximum absolute atomic E-state index is 13.0. The van der Waals surface area contributed by atoms with Gasteiger partial charge in [-0.3, -0.25) is 14.2 Å². The number of sulfonamides is 1. The van der Waals surface area contributed by atoms with Crippen LogP contribution in [0, 0.1) is 6.92 Å². The van der Waals surface area contributed by atoms with Gasteiger partial charge in [0.2, 0.25) is 15.9 Å². The lowest BCUT2D eigenvalue weighted by Gasteiger charge is -2.25. The minimum atomic E-state index is -3.59. The van der Waals surface area contributed by atoms with Crippen LogP contribution in [0.3, 0.4) is 0 Å². The monoisotopic (exact) mass is 634 g/mol. The van der Waals surface area contributed by atoms with Gasteiger partial charge in [0.05, 0.1) is 24.3 Å². The molecule has 0 saturated carbocycles. The molecule has 11 nitrogen and oxygen atoms in total. The molecule has 3 aromatic carbocycles. The van der Waals surface area contributed by atoms with Gasteiger partial charge in [-0.1, -0.05) is 30.3 Å². The normalized spacial score (nSPS) is 13.8. The van der Waals surface area contributed by atoms with Crippen molar-refractivity contribution in [2.45, 2.75) is 42.8 Å². The largest absolute Gasteiger partial charge is 0.497 e. The summed E-state index contributed by atoms with van der Waals surface area (Å²) in [7, 11) is -2.00. The predicted molar refractivity (Wildman–Crippen MR) is 169 cm³/mol. The lowest BCUT2D eigenvalue weighted by Crippen LogP contribution is -2.35. The van der Waals surface area contributed by atoms with Gasteiger partial charge >= 0.3 is 0 Å². The first-order valence-corrected chi connectivity index (χ1v) is 16.6. The molecule has 0 radical (unpaired) electrons. The first-order valence-electron chi connectivity index (χ1n) is 14.2. The average Bonchev–Trinajstić information content (AvgIpc) is 3.46. The Labute approximate surface area is 261 Å². The molecule has 230 valence electrons. The molecule has 1 fully saturated rings. The van der Waals surface area contributed by atoms with E-state index in [0.29, 0.717) is 41.1 Å². The van der Waals surface area contributed by atoms with Crippen molar-refractivity contribution in [1.29, 1.82) is 0 Å². The van der Waals surface area contributed by atoms with Crippen LogP contribution in [-0.4, -0.2) is 65.3 Å². The zero-order chi connectivity index (χ0) is 31.1. The second-order valence-electron chi connectivity index (χ2n) is 10.3. The van der Waals surface area contributed by atoms with Crippen LogP contribution < -0.4 is 15.4 Å². The first-order chi connectivity index (χ1) is 21.2. The Morgan fingerprint density at radius 3 is 2.36 bits per heavy atom. The van der Waals surface area contributed by atoms with Gasteiger partial charge in [-0.25, -0.2) is 8.42 Å². The number of thioether (sulfide) groups is 1. The Morgan fingerprint density at radius 1 is 0.955 bits per heavy atom. The zero-order valence-electron chi connectivity index (χ0n) is 24.5. The number of rotatable bonds is 11. The van der Waals surface area contributed by atoms with Crippen LogP contribution in [0.5, 0.6) is 5.75 Å². The van der Waals surface area contributed by atoms with Crippen LogP contribution in [0.25, 0.3) is 5.69 Å². The van der Waals surface area contributed by atoms with Gasteiger partial charge in [0.15, 0.2) is 11.0 Å². The summed E-state index contributed by atoms with van der Waals surface area (Å²) in [6.07, 6.45) is 2.73. The van der Waals surface area contributed by atoms with E-state index >= 15 is 0 Å². The first kappa shape index (κ1) is 31.2. The number of methoxy groups -OCH3 is 1. The number of aryl methyl sites for hydroxylation is 1. The molecular formula is C31H34N6O5S2. The smallest absolute Gasteiger partial charge is 0.251 e. The van der Waals surface area contributed by atoms with Crippen LogP contribution >= 0.6 is 11.8 Å². The molecule has 1 saturated heterocycles. The SMILES string of the molecule is COc1ccc(NC(=O)CSc2nnc(CNC(=O)c3ccc(S(=O)(=O)N4CCCCC4)cc3)n2-c2cccc(C)c2)cc1. The standard InChI is InChI=1S/C31H34N6O5S2/c1-22-7-6-8-25(19-22)37-28(34-35-31(37)43-21-29(38)33-24-11-13-26(42-2)14-12-24)20-32-30(39)23-9-15-27(16-10-23)44(40,41)36-17-4-3-5-18-36/h6-16,19H,3-5,17-18,20-21H2,1-2H3,(H,32,39)(H,33,38). The van der Waals surface area contributed by atoms with E-state index in [4.69, 9.17) is 4.74 Å². The number of ether oxygens (including phenoxy) is 1. The zero-order valence-corrected chi connectivity index (χ0v) is 26.2. The van der Waals surface area contributed by atoms with E-state index in [1.807, 2.05) is 35.8 Å². The fourth-order valence-electron chi connectivity index (χ4n) is 4.83. The number of carbonyl (C=O) groups excluding carboxylic acids is 2. The summed E-state index contributed by atoms with van der Waals surface area (Å²) >= 11 is 1.23. The maximum Gasteiger partial charge on any atom is 0.251 e. The second-order valence-corrected chi connectivity index (χ2v) is 13.2. The third kappa shape index (κ3) is 7.47. The number of carbonyl (C=O) groups is 2. The van der Waals surface area contributed by atoms with Crippen molar-refractivity contribution in [2.24, 2.45) is 0 Å². The van der Waals surface area contributed by atoms with Crippen LogP contribution in [0.1, 0.15) is 41.0 Å². The number of piperidine rings is 1. The summed E-state index contributed by atoms with van der Waals surface area (Å²) in [6, 6.07) is 20.8. The molecule has 0 bridgehead atoms. The molecule has 0 spiro atoms. The second kappa shape index (κ2) is 14.1. The van der Waals surface area contributed by atoms with E-state index < -0.39 is 10.0 Å². The Balaban J connectivity index is 1.26. The number of nitrogens with zero attached hydrogens (tertiary/aromatic N) is 4. The van der Waals surface area contributed by atoms with Crippen LogP contribution in [0.2, 0.25) is 0 Å². The summed E-state index contributed by atoms with van der Waals surface area (Å²) < 4.78 is 34.4. The Morgan fingerprint density at radius 2 is 1.68 bits per heavy atom. The molecular weight excluding hydrogens is 601 g/mol. The third-order valence-electron chi connectivity index (χ3n) is 7.14. The van der Waals surface area contributed by atoms with Crippen molar-refractivity contribution in [3.05, 3.63) is 89.7 Å². The average molecular weight is 635 g/mol. The van der Waals surface area contributed by atoms with Gasteiger partial charge in [-0.15, -0.1) is 10.2 Å². The molecule has 0 atom stereocenters. The third-order valence-corrected chi connectivity index (χ3v) is 9.98. The quantitative estimate of drug-likeness (QED) is 0.232. The number of anilines is 1. The highest BCUT2D eigenvalue weighted by molar-refractivity contribution is 7.99. The van der Waals surface area contributed by atoms with E-state index in [1.54, 1.807) is 31.4 Å². The Hall–Kier alpha value is -4.20. The van der Waals surface area contributed by atoms with Crippen molar-refractivity contribution in [3.63, 3.8) is 0 Å². The molecule has 0 unspecified atom stereocenters. The molecule has 44 heavy (non-hydrogen) atoms. The number of hydrogen-bond donors (Lipinski definition) is 2. The van der Waals surface area contributed by atoms with E-state index in [2.05, 4.69) is 20.8 Å². The number of nitrogens with one attached hydrogen (secondary N) is 2. The molecule has 1 aromatic heterocycles. The summed E-state index contributed by atoms with van der Waals surface area (Å²) in [4.78, 5) is 25.9. The summed E-state index contributed by atoms with van der Waals surface area (Å²) in [5, 5.41) is 14.8. The van der Waals surface area contributed by atoms with Crippen molar-refractivity contribution in [2.75, 3.05) is 31.3 Å². The number of aromatic nitrogens is 3. The summed E-state index contributed by atoms with van der Waals surface area (Å²) in [5.74, 6) is 0.681. The lowest BCUT2D eigenvalue weighted by atomic mass is 10.2. The van der Waals surface area contributed by atoms with Gasteiger partial charge in [0.1, 0.15) is 5.75 Å². The predicted octanol–water partition coefficient (Wildman–Crippen LogP) is 4.42. The van der Waals surface area contributed by atoms with Crippen LogP contribution in [-0.2, 0) is 21.4 Å². The molecule has 0 aliphatic carbocycles. The van der Waals surface area contributed by atoms with Crippen LogP contribution in [0.4, 0.5) is 5.69 Å². The molecule has 5 rings (SSSR count). The maximum atomic E-state index is 13.0. The van der Waals surface area contributed by atoms with Crippen molar-refractivity contribution >= 4 is 39.3 Å². The van der Waals surface area contributed by atoms with Crippen molar-refractivity contribution in [1.82, 2.24) is 24.4 Å². The fraction of sp³-hybridized carbons (Fsp3) is 0.290. The number of hydrogen-bond acceptors (Lipinski definition) is 8. The number of amides is 2. The van der Waals surface area contributed by atoms with Gasteiger partial charge in [-0.2, -0.15) is 4.31 Å². The van der Waals surface area contributed by atoms with E-state index in [0.717, 1.165) is 30.5 Å². The molecule has 2 N–H and O–H groups in total. The molecule has 2 amide bonds. The fourth-order valence-corrected chi connectivity index (χ4v) is 7.12.